The molecule has 1 amide bonds. The summed E-state index contributed by atoms with van der Waals surface area (Å²) in [6, 6.07) is 17.3. The summed E-state index contributed by atoms with van der Waals surface area (Å²) in [5.41, 5.74) is 5.35. The smallest absolute Gasteiger partial charge is 0.230 e. The number of hydrogen-bond donors (Lipinski definition) is 0. The molecule has 2 aromatic rings. The zero-order valence-corrected chi connectivity index (χ0v) is 15.1. The predicted molar refractivity (Wildman–Crippen MR) is 102 cm³/mol. The van der Waals surface area contributed by atoms with Crippen LogP contribution in [0.15, 0.2) is 48.5 Å². The van der Waals surface area contributed by atoms with Gasteiger partial charge in [0.05, 0.1) is 5.92 Å². The van der Waals surface area contributed by atoms with E-state index >= 15 is 0 Å². The van der Waals surface area contributed by atoms with Gasteiger partial charge in [0.15, 0.2) is 0 Å². The van der Waals surface area contributed by atoms with Gasteiger partial charge in [-0.1, -0.05) is 55.5 Å². The lowest BCUT2D eigenvalue weighted by Gasteiger charge is -2.34. The van der Waals surface area contributed by atoms with Crippen LogP contribution in [-0.2, 0) is 24.1 Å². The van der Waals surface area contributed by atoms with Crippen LogP contribution in [-0.4, -0.2) is 23.9 Å². The van der Waals surface area contributed by atoms with Gasteiger partial charge in [0.25, 0.3) is 0 Å². The molecule has 1 heterocycles. The van der Waals surface area contributed by atoms with Crippen molar-refractivity contribution in [1.82, 2.24) is 4.90 Å². The second-order valence-electron chi connectivity index (χ2n) is 7.73. The van der Waals surface area contributed by atoms with Gasteiger partial charge >= 0.3 is 0 Å². The van der Waals surface area contributed by atoms with E-state index in [1.165, 1.54) is 22.3 Å². The fourth-order valence-electron chi connectivity index (χ4n) is 4.37. The minimum atomic E-state index is -0.0361. The van der Waals surface area contributed by atoms with Crippen LogP contribution in [0.5, 0.6) is 0 Å². The number of carbonyl (C=O) groups excluding carboxylic acids is 1. The van der Waals surface area contributed by atoms with Crippen LogP contribution in [0.3, 0.4) is 0 Å². The van der Waals surface area contributed by atoms with Crippen molar-refractivity contribution in [2.75, 3.05) is 13.1 Å². The predicted octanol–water partition coefficient (Wildman–Crippen LogP) is 4.37. The Morgan fingerprint density at radius 2 is 1.48 bits per heavy atom. The van der Waals surface area contributed by atoms with E-state index in [-0.39, 0.29) is 5.92 Å². The van der Waals surface area contributed by atoms with Crippen LogP contribution in [0.25, 0.3) is 0 Å². The Kier molecular flexibility index (Phi) is 4.61. The molecule has 0 N–H and O–H groups in total. The molecule has 1 unspecified atom stereocenters. The SMILES string of the molecule is CC1CCN(C(=O)C2Cc3ccccc3CCc3ccccc32)CC1. The number of rotatable bonds is 1. The Morgan fingerprint density at radius 3 is 2.24 bits per heavy atom. The number of aryl methyl sites for hydroxylation is 2. The van der Waals surface area contributed by atoms with Gasteiger partial charge in [0.1, 0.15) is 0 Å². The average molecular weight is 333 g/mol. The van der Waals surface area contributed by atoms with E-state index in [4.69, 9.17) is 0 Å². The van der Waals surface area contributed by atoms with Crippen molar-refractivity contribution in [1.29, 1.82) is 0 Å². The van der Waals surface area contributed by atoms with Gasteiger partial charge in [0.2, 0.25) is 5.91 Å². The fourth-order valence-corrected chi connectivity index (χ4v) is 4.37. The van der Waals surface area contributed by atoms with E-state index in [1.54, 1.807) is 0 Å². The first-order valence-corrected chi connectivity index (χ1v) is 9.65. The highest BCUT2D eigenvalue weighted by molar-refractivity contribution is 5.84. The number of amides is 1. The van der Waals surface area contributed by atoms with Crippen molar-refractivity contribution in [2.45, 2.75) is 44.9 Å². The molecule has 25 heavy (non-hydrogen) atoms. The molecule has 1 fully saturated rings. The molecule has 4 rings (SSSR count). The van der Waals surface area contributed by atoms with E-state index < -0.39 is 0 Å². The molecule has 1 aliphatic heterocycles. The maximum absolute atomic E-state index is 13.4. The molecule has 0 aromatic heterocycles. The van der Waals surface area contributed by atoms with Crippen molar-refractivity contribution >= 4 is 5.91 Å². The summed E-state index contributed by atoms with van der Waals surface area (Å²) in [7, 11) is 0. The van der Waals surface area contributed by atoms with Crippen LogP contribution in [0.4, 0.5) is 0 Å². The number of benzene rings is 2. The van der Waals surface area contributed by atoms with E-state index in [0.29, 0.717) is 5.91 Å². The molecule has 2 aliphatic rings. The molecule has 1 atom stereocenters. The maximum Gasteiger partial charge on any atom is 0.230 e. The summed E-state index contributed by atoms with van der Waals surface area (Å²) in [4.78, 5) is 15.5. The summed E-state index contributed by atoms with van der Waals surface area (Å²) in [5, 5.41) is 0. The number of likely N-dealkylation sites (tertiary alicyclic amines) is 1. The van der Waals surface area contributed by atoms with Gasteiger partial charge < -0.3 is 4.90 Å². The number of fused-ring (bicyclic) bond motifs is 2. The van der Waals surface area contributed by atoms with Crippen LogP contribution in [0.1, 0.15) is 47.9 Å². The standard InChI is InChI=1S/C23H27NO/c1-17-12-14-24(15-13-17)23(25)22-16-20-8-3-2-6-18(20)10-11-19-7-4-5-9-21(19)22/h2-9,17,22H,10-16H2,1H3. The topological polar surface area (TPSA) is 20.3 Å². The fraction of sp³-hybridized carbons (Fsp3) is 0.435. The lowest BCUT2D eigenvalue weighted by Crippen LogP contribution is -2.41. The van der Waals surface area contributed by atoms with E-state index in [9.17, 15) is 4.79 Å². The Morgan fingerprint density at radius 1 is 0.880 bits per heavy atom. The molecule has 0 bridgehead atoms. The van der Waals surface area contributed by atoms with Gasteiger partial charge in [-0.05, 0) is 60.3 Å². The minimum Gasteiger partial charge on any atom is -0.342 e. The van der Waals surface area contributed by atoms with E-state index in [2.05, 4.69) is 60.4 Å². The molecule has 2 aromatic carbocycles. The Balaban J connectivity index is 1.69. The molecule has 0 radical (unpaired) electrons. The second-order valence-corrected chi connectivity index (χ2v) is 7.73. The summed E-state index contributed by atoms with van der Waals surface area (Å²) in [6.45, 7) is 4.13. The Hall–Kier alpha value is -2.09. The van der Waals surface area contributed by atoms with Crippen LogP contribution in [0, 0.1) is 5.92 Å². The van der Waals surface area contributed by atoms with Crippen molar-refractivity contribution in [2.24, 2.45) is 5.92 Å². The van der Waals surface area contributed by atoms with Gasteiger partial charge in [-0.25, -0.2) is 0 Å². The van der Waals surface area contributed by atoms with E-state index in [1.807, 2.05) is 0 Å². The van der Waals surface area contributed by atoms with Crippen molar-refractivity contribution in [3.05, 3.63) is 70.8 Å². The molecular weight excluding hydrogens is 306 g/mol. The van der Waals surface area contributed by atoms with Crippen molar-refractivity contribution < 1.29 is 4.79 Å². The zero-order valence-electron chi connectivity index (χ0n) is 15.1. The number of carbonyl (C=O) groups is 1. The largest absolute Gasteiger partial charge is 0.342 e. The van der Waals surface area contributed by atoms with E-state index in [0.717, 1.165) is 51.1 Å². The quantitative estimate of drug-likeness (QED) is 0.759. The van der Waals surface area contributed by atoms with Crippen LogP contribution >= 0.6 is 0 Å². The lowest BCUT2D eigenvalue weighted by molar-refractivity contribution is -0.134. The maximum atomic E-state index is 13.4. The Bertz CT molecular complexity index is 758. The van der Waals surface area contributed by atoms with Gasteiger partial charge in [-0.15, -0.1) is 0 Å². The summed E-state index contributed by atoms with van der Waals surface area (Å²) in [6.07, 6.45) is 5.19. The third kappa shape index (κ3) is 3.35. The monoisotopic (exact) mass is 333 g/mol. The molecule has 0 saturated carbocycles. The first-order valence-electron chi connectivity index (χ1n) is 9.65. The van der Waals surface area contributed by atoms with Gasteiger partial charge in [-0.2, -0.15) is 0 Å². The van der Waals surface area contributed by atoms with Crippen molar-refractivity contribution in [3.8, 4) is 0 Å². The summed E-state index contributed by atoms with van der Waals surface area (Å²) >= 11 is 0. The second kappa shape index (κ2) is 7.03. The first-order chi connectivity index (χ1) is 12.2. The molecule has 1 saturated heterocycles. The molecule has 2 heteroatoms. The van der Waals surface area contributed by atoms with Gasteiger partial charge in [-0.3, -0.25) is 4.79 Å². The third-order valence-electron chi connectivity index (χ3n) is 6.03. The molecule has 2 nitrogen and oxygen atoms in total. The summed E-state index contributed by atoms with van der Waals surface area (Å²) in [5.74, 6) is 1.04. The average Bonchev–Trinajstić information content (AvgIpc) is 2.64. The molecule has 1 aliphatic carbocycles. The number of piperidine rings is 1. The number of nitrogens with zero attached hydrogens (tertiary/aromatic N) is 1. The Labute approximate surface area is 150 Å². The normalized spacial score (nSPS) is 21.0. The van der Waals surface area contributed by atoms with Crippen LogP contribution < -0.4 is 0 Å². The highest BCUT2D eigenvalue weighted by Crippen LogP contribution is 2.32. The highest BCUT2D eigenvalue weighted by atomic mass is 16.2. The first kappa shape index (κ1) is 16.4. The summed E-state index contributed by atoms with van der Waals surface area (Å²) < 4.78 is 0. The third-order valence-corrected chi connectivity index (χ3v) is 6.03. The number of hydrogen-bond acceptors (Lipinski definition) is 1. The van der Waals surface area contributed by atoms with Gasteiger partial charge in [0, 0.05) is 13.1 Å². The lowest BCUT2D eigenvalue weighted by atomic mass is 9.81. The minimum absolute atomic E-state index is 0.0361. The van der Waals surface area contributed by atoms with Crippen molar-refractivity contribution in [3.63, 3.8) is 0 Å². The molecule has 130 valence electrons. The highest BCUT2D eigenvalue weighted by Gasteiger charge is 2.31. The van der Waals surface area contributed by atoms with Crippen LogP contribution in [0.2, 0.25) is 0 Å². The molecule has 0 spiro atoms. The zero-order chi connectivity index (χ0) is 17.2. The molecular formula is C23H27NO.